The number of nitrogens with zero attached hydrogens (tertiary/aromatic N) is 2. The van der Waals surface area contributed by atoms with Gasteiger partial charge in [-0.2, -0.15) is 0 Å². The third-order valence-corrected chi connectivity index (χ3v) is 3.70. The first-order chi connectivity index (χ1) is 10.2. The number of aliphatic hydroxyl groups excluding tert-OH is 1. The number of aryl methyl sites for hydroxylation is 1. The number of likely N-dealkylation sites (N-methyl/N-ethyl adjacent to an activating group) is 1. The van der Waals surface area contributed by atoms with Gasteiger partial charge in [0.25, 0.3) is 0 Å². The van der Waals surface area contributed by atoms with Gasteiger partial charge < -0.3 is 14.7 Å². The lowest BCUT2D eigenvalue weighted by atomic mass is 10.1. The molecule has 0 aromatic heterocycles. The van der Waals surface area contributed by atoms with Crippen LogP contribution in [0.4, 0.5) is 0 Å². The molecular weight excluding hydrogens is 264 g/mol. The fraction of sp³-hybridized carbons (Fsp3) is 0.529. The van der Waals surface area contributed by atoms with Crippen molar-refractivity contribution >= 4 is 0 Å². The largest absolute Gasteiger partial charge is 0.491 e. The lowest BCUT2D eigenvalue weighted by molar-refractivity contribution is 0.133. The van der Waals surface area contributed by atoms with Crippen molar-refractivity contribution in [2.45, 2.75) is 6.92 Å². The van der Waals surface area contributed by atoms with Crippen LogP contribution in [-0.4, -0.2) is 67.9 Å². The molecule has 21 heavy (non-hydrogen) atoms. The molecule has 4 heteroatoms. The minimum atomic E-state index is -0.130. The Balaban J connectivity index is 1.88. The highest BCUT2D eigenvalue weighted by Gasteiger charge is 2.13. The number of rotatable bonds is 4. The predicted molar refractivity (Wildman–Crippen MR) is 84.6 cm³/mol. The maximum Gasteiger partial charge on any atom is 0.134 e. The van der Waals surface area contributed by atoms with Gasteiger partial charge in [-0.3, -0.25) is 4.90 Å². The molecule has 0 atom stereocenters. The van der Waals surface area contributed by atoms with E-state index in [1.807, 2.05) is 25.1 Å². The van der Waals surface area contributed by atoms with Crippen LogP contribution in [0.15, 0.2) is 18.2 Å². The Labute approximate surface area is 127 Å². The molecule has 0 radical (unpaired) electrons. The number of hydrogen-bond donors (Lipinski definition) is 1. The Morgan fingerprint density at radius 3 is 2.71 bits per heavy atom. The van der Waals surface area contributed by atoms with E-state index < -0.39 is 0 Å². The van der Waals surface area contributed by atoms with Crippen LogP contribution in [0.5, 0.6) is 5.75 Å². The third kappa shape index (κ3) is 5.05. The fourth-order valence-electron chi connectivity index (χ4n) is 2.36. The zero-order valence-corrected chi connectivity index (χ0v) is 12.9. The molecule has 0 unspecified atom stereocenters. The van der Waals surface area contributed by atoms with Gasteiger partial charge in [-0.1, -0.05) is 17.9 Å². The van der Waals surface area contributed by atoms with E-state index in [0.717, 1.165) is 49.6 Å². The van der Waals surface area contributed by atoms with E-state index in [1.54, 1.807) is 0 Å². The van der Waals surface area contributed by atoms with Crippen LogP contribution in [0.3, 0.4) is 0 Å². The lowest BCUT2D eigenvalue weighted by Crippen LogP contribution is -2.45. The monoisotopic (exact) mass is 288 g/mol. The van der Waals surface area contributed by atoms with Crippen LogP contribution in [0, 0.1) is 18.8 Å². The molecular formula is C17H24N2O2. The molecule has 1 aliphatic heterocycles. The average molecular weight is 288 g/mol. The molecule has 1 aliphatic rings. The van der Waals surface area contributed by atoms with Crippen LogP contribution >= 0.6 is 0 Å². The fourth-order valence-corrected chi connectivity index (χ4v) is 2.36. The highest BCUT2D eigenvalue weighted by molar-refractivity contribution is 5.48. The second kappa shape index (κ2) is 8.04. The van der Waals surface area contributed by atoms with Gasteiger partial charge in [-0.05, 0) is 31.7 Å². The van der Waals surface area contributed by atoms with Gasteiger partial charge >= 0.3 is 0 Å². The van der Waals surface area contributed by atoms with Gasteiger partial charge in [0, 0.05) is 32.7 Å². The van der Waals surface area contributed by atoms with Crippen LogP contribution in [0.1, 0.15) is 11.1 Å². The highest BCUT2D eigenvalue weighted by Crippen LogP contribution is 2.19. The third-order valence-electron chi connectivity index (χ3n) is 3.70. The standard InChI is InChI=1S/C17H24N2O2/c1-15-5-6-17(16(14-15)4-3-12-20)21-13-11-19-9-7-18(2)8-10-19/h5-6,14,20H,7-13H2,1-2H3. The van der Waals surface area contributed by atoms with Crippen molar-refractivity contribution in [3.05, 3.63) is 29.3 Å². The van der Waals surface area contributed by atoms with Gasteiger partial charge in [-0.15, -0.1) is 0 Å². The summed E-state index contributed by atoms with van der Waals surface area (Å²) in [6.45, 7) is 7.95. The zero-order chi connectivity index (χ0) is 15.1. The molecule has 0 bridgehead atoms. The van der Waals surface area contributed by atoms with Gasteiger partial charge in [-0.25, -0.2) is 0 Å². The second-order valence-corrected chi connectivity index (χ2v) is 5.45. The molecule has 1 aromatic carbocycles. The first-order valence-corrected chi connectivity index (χ1v) is 7.43. The Kier molecular flexibility index (Phi) is 6.06. The smallest absolute Gasteiger partial charge is 0.134 e. The number of piperazine rings is 1. The maximum absolute atomic E-state index is 8.83. The summed E-state index contributed by atoms with van der Waals surface area (Å²) >= 11 is 0. The van der Waals surface area contributed by atoms with Crippen molar-refractivity contribution in [1.29, 1.82) is 0 Å². The molecule has 0 amide bonds. The molecule has 1 aromatic rings. The number of ether oxygens (including phenoxy) is 1. The Morgan fingerprint density at radius 1 is 1.24 bits per heavy atom. The molecule has 0 aliphatic carbocycles. The maximum atomic E-state index is 8.83. The van der Waals surface area contributed by atoms with Crippen LogP contribution in [0.25, 0.3) is 0 Å². The van der Waals surface area contributed by atoms with E-state index in [0.29, 0.717) is 6.61 Å². The summed E-state index contributed by atoms with van der Waals surface area (Å²) in [5, 5.41) is 8.83. The van der Waals surface area contributed by atoms with Gasteiger partial charge in [0.15, 0.2) is 0 Å². The highest BCUT2D eigenvalue weighted by atomic mass is 16.5. The van der Waals surface area contributed by atoms with E-state index in [2.05, 4.69) is 28.7 Å². The van der Waals surface area contributed by atoms with Gasteiger partial charge in [0.2, 0.25) is 0 Å². The first-order valence-electron chi connectivity index (χ1n) is 7.43. The van der Waals surface area contributed by atoms with E-state index in [9.17, 15) is 0 Å². The molecule has 1 fully saturated rings. The lowest BCUT2D eigenvalue weighted by Gasteiger charge is -2.32. The SMILES string of the molecule is Cc1ccc(OCCN2CCN(C)CC2)c(C#CCO)c1. The van der Waals surface area contributed by atoms with E-state index >= 15 is 0 Å². The topological polar surface area (TPSA) is 35.9 Å². The van der Waals surface area contributed by atoms with Crippen LogP contribution in [-0.2, 0) is 0 Å². The molecule has 1 saturated heterocycles. The normalized spacial score (nSPS) is 16.3. The van der Waals surface area contributed by atoms with Crippen molar-refractivity contribution in [1.82, 2.24) is 9.80 Å². The van der Waals surface area contributed by atoms with Crippen molar-refractivity contribution in [2.75, 3.05) is 53.0 Å². The van der Waals surface area contributed by atoms with E-state index in [1.165, 1.54) is 0 Å². The number of hydrogen-bond acceptors (Lipinski definition) is 4. The Hall–Kier alpha value is -1.54. The van der Waals surface area contributed by atoms with Crippen LogP contribution < -0.4 is 4.74 Å². The van der Waals surface area contributed by atoms with Crippen LogP contribution in [0.2, 0.25) is 0 Å². The summed E-state index contributed by atoms with van der Waals surface area (Å²) in [4.78, 5) is 4.77. The predicted octanol–water partition coefficient (Wildman–Crippen LogP) is 0.965. The summed E-state index contributed by atoms with van der Waals surface area (Å²) in [7, 11) is 2.16. The second-order valence-electron chi connectivity index (χ2n) is 5.45. The summed E-state index contributed by atoms with van der Waals surface area (Å²) in [5.41, 5.74) is 1.99. The molecule has 4 nitrogen and oxygen atoms in total. The van der Waals surface area contributed by atoms with Crippen molar-refractivity contribution in [2.24, 2.45) is 0 Å². The zero-order valence-electron chi connectivity index (χ0n) is 12.9. The molecule has 1 N–H and O–H groups in total. The summed E-state index contributed by atoms with van der Waals surface area (Å²) in [5.74, 6) is 6.44. The molecule has 0 saturated carbocycles. The molecule has 114 valence electrons. The number of aliphatic hydroxyl groups is 1. The van der Waals surface area contributed by atoms with E-state index in [-0.39, 0.29) is 6.61 Å². The minimum absolute atomic E-state index is 0.130. The van der Waals surface area contributed by atoms with E-state index in [4.69, 9.17) is 9.84 Å². The van der Waals surface area contributed by atoms with Gasteiger partial charge in [0.05, 0.1) is 5.56 Å². The quantitative estimate of drug-likeness (QED) is 0.838. The molecule has 1 heterocycles. The Bertz CT molecular complexity index is 511. The average Bonchev–Trinajstić information content (AvgIpc) is 2.49. The summed E-state index contributed by atoms with van der Waals surface area (Å²) < 4.78 is 5.88. The molecule has 0 spiro atoms. The number of benzene rings is 1. The van der Waals surface area contributed by atoms with Gasteiger partial charge in [0.1, 0.15) is 19.0 Å². The minimum Gasteiger partial charge on any atom is -0.491 e. The van der Waals surface area contributed by atoms with Crippen molar-refractivity contribution in [3.8, 4) is 17.6 Å². The summed E-state index contributed by atoms with van der Waals surface area (Å²) in [6.07, 6.45) is 0. The van der Waals surface area contributed by atoms with Crippen molar-refractivity contribution in [3.63, 3.8) is 0 Å². The summed E-state index contributed by atoms with van der Waals surface area (Å²) in [6, 6.07) is 5.98. The first kappa shape index (κ1) is 15.8. The molecule has 2 rings (SSSR count). The Morgan fingerprint density at radius 2 is 2.00 bits per heavy atom. The van der Waals surface area contributed by atoms with Crippen molar-refractivity contribution < 1.29 is 9.84 Å².